The number of nitrogens with zero attached hydrogens (tertiary/aromatic N) is 1. The fourth-order valence-corrected chi connectivity index (χ4v) is 2.07. The number of nitrogens with two attached hydrogens (primary N) is 1. The Balaban J connectivity index is 2.85. The molecule has 0 fully saturated rings. The predicted molar refractivity (Wildman–Crippen MR) is 76.9 cm³/mol. The molecule has 19 heavy (non-hydrogen) atoms. The second-order valence-corrected chi connectivity index (χ2v) is 4.99. The van der Waals surface area contributed by atoms with Gasteiger partial charge in [-0.25, -0.2) is 0 Å². The van der Waals surface area contributed by atoms with E-state index in [1.54, 1.807) is 6.07 Å². The van der Waals surface area contributed by atoms with Gasteiger partial charge in [-0.15, -0.1) is 0 Å². The minimum Gasteiger partial charge on any atom is -0.330 e. The minimum absolute atomic E-state index is 0.0856. The summed E-state index contributed by atoms with van der Waals surface area (Å²) in [5.74, 6) is -0.478. The lowest BCUT2D eigenvalue weighted by molar-refractivity contribution is -0.385. The molecule has 0 saturated heterocycles. The summed E-state index contributed by atoms with van der Waals surface area (Å²) in [6, 6.07) is 4.46. The van der Waals surface area contributed by atoms with Gasteiger partial charge in [-0.1, -0.05) is 13.3 Å². The van der Waals surface area contributed by atoms with Gasteiger partial charge in [-0.3, -0.25) is 14.9 Å². The lowest BCUT2D eigenvalue weighted by Crippen LogP contribution is -2.29. The van der Waals surface area contributed by atoms with E-state index < -0.39 is 4.92 Å². The number of amides is 1. The van der Waals surface area contributed by atoms with Crippen molar-refractivity contribution >= 4 is 33.2 Å². The van der Waals surface area contributed by atoms with Crippen LogP contribution in [0.4, 0.5) is 11.4 Å². The van der Waals surface area contributed by atoms with Crippen molar-refractivity contribution < 1.29 is 9.72 Å². The van der Waals surface area contributed by atoms with Crippen molar-refractivity contribution in [2.45, 2.75) is 19.8 Å². The molecule has 1 aromatic carbocycles. The molecule has 6 nitrogen and oxygen atoms in total. The topological polar surface area (TPSA) is 98.3 Å². The Bertz CT molecular complexity index is 479. The summed E-state index contributed by atoms with van der Waals surface area (Å²) in [5.41, 5.74) is 5.85. The fourth-order valence-electron chi connectivity index (χ4n) is 1.68. The maximum atomic E-state index is 11.9. The first-order chi connectivity index (χ1) is 8.99. The number of carbonyl (C=O) groups excluding carboxylic acids is 1. The van der Waals surface area contributed by atoms with Crippen LogP contribution in [0.15, 0.2) is 22.7 Å². The Morgan fingerprint density at radius 2 is 2.26 bits per heavy atom. The molecule has 0 aliphatic carbocycles. The highest BCUT2D eigenvalue weighted by Gasteiger charge is 2.18. The number of nitro groups is 1. The highest BCUT2D eigenvalue weighted by molar-refractivity contribution is 9.10. The molecule has 1 amide bonds. The summed E-state index contributed by atoms with van der Waals surface area (Å²) in [4.78, 5) is 22.2. The molecule has 0 heterocycles. The Morgan fingerprint density at radius 3 is 2.79 bits per heavy atom. The third kappa shape index (κ3) is 4.29. The lowest BCUT2D eigenvalue weighted by Gasteiger charge is -2.13. The SMILES string of the molecule is CCCC(CN)C(=O)Nc1ccc(Br)c([N+](=O)[O-])c1. The number of carbonyl (C=O) groups is 1. The van der Waals surface area contributed by atoms with Gasteiger partial charge in [0.1, 0.15) is 0 Å². The van der Waals surface area contributed by atoms with E-state index in [1.165, 1.54) is 12.1 Å². The zero-order valence-corrected chi connectivity index (χ0v) is 12.1. The van der Waals surface area contributed by atoms with E-state index in [1.807, 2.05) is 6.92 Å². The minimum atomic E-state index is -0.508. The van der Waals surface area contributed by atoms with Crippen LogP contribution in [0, 0.1) is 16.0 Å². The van der Waals surface area contributed by atoms with E-state index in [0.29, 0.717) is 16.6 Å². The predicted octanol–water partition coefficient (Wildman–Crippen LogP) is 2.67. The molecule has 0 saturated carbocycles. The van der Waals surface area contributed by atoms with Crippen molar-refractivity contribution in [3.05, 3.63) is 32.8 Å². The third-order valence-corrected chi connectivity index (χ3v) is 3.37. The average Bonchev–Trinajstić information content (AvgIpc) is 2.37. The molecule has 7 heteroatoms. The van der Waals surface area contributed by atoms with E-state index in [-0.39, 0.29) is 24.1 Å². The molecule has 0 spiro atoms. The van der Waals surface area contributed by atoms with E-state index >= 15 is 0 Å². The summed E-state index contributed by atoms with van der Waals surface area (Å²) in [7, 11) is 0. The first-order valence-electron chi connectivity index (χ1n) is 5.94. The molecule has 1 atom stereocenters. The van der Waals surface area contributed by atoms with Crippen LogP contribution in [0.1, 0.15) is 19.8 Å². The number of anilines is 1. The van der Waals surface area contributed by atoms with Gasteiger partial charge in [0.05, 0.1) is 15.3 Å². The van der Waals surface area contributed by atoms with Crippen molar-refractivity contribution in [2.24, 2.45) is 11.7 Å². The Hall–Kier alpha value is -1.47. The molecular weight excluding hydrogens is 314 g/mol. The zero-order valence-electron chi connectivity index (χ0n) is 10.6. The standard InChI is InChI=1S/C12H16BrN3O3/c1-2-3-8(7-14)12(17)15-9-4-5-10(13)11(6-9)16(18)19/h4-6,8H,2-3,7,14H2,1H3,(H,15,17). The van der Waals surface area contributed by atoms with Crippen LogP contribution in [-0.2, 0) is 4.79 Å². The van der Waals surface area contributed by atoms with Crippen LogP contribution < -0.4 is 11.1 Å². The van der Waals surface area contributed by atoms with Crippen LogP contribution in [-0.4, -0.2) is 17.4 Å². The third-order valence-electron chi connectivity index (χ3n) is 2.70. The highest BCUT2D eigenvalue weighted by Crippen LogP contribution is 2.28. The van der Waals surface area contributed by atoms with Gasteiger partial charge in [0, 0.05) is 18.3 Å². The van der Waals surface area contributed by atoms with Gasteiger partial charge in [-0.05, 0) is 34.5 Å². The van der Waals surface area contributed by atoms with Crippen molar-refractivity contribution in [2.75, 3.05) is 11.9 Å². The van der Waals surface area contributed by atoms with Gasteiger partial charge in [0.2, 0.25) is 5.91 Å². The Kier molecular flexibility index (Phi) is 5.91. The number of halogens is 1. The molecule has 1 rings (SSSR count). The largest absolute Gasteiger partial charge is 0.330 e. The molecule has 1 aromatic rings. The van der Waals surface area contributed by atoms with Gasteiger partial charge >= 0.3 is 0 Å². The number of hydrogen-bond donors (Lipinski definition) is 2. The van der Waals surface area contributed by atoms with Crippen LogP contribution in [0.25, 0.3) is 0 Å². The summed E-state index contributed by atoms with van der Waals surface area (Å²) < 4.78 is 0.374. The number of rotatable bonds is 6. The summed E-state index contributed by atoms with van der Waals surface area (Å²) in [6.07, 6.45) is 1.55. The van der Waals surface area contributed by atoms with E-state index in [4.69, 9.17) is 5.73 Å². The second-order valence-electron chi connectivity index (χ2n) is 4.13. The fraction of sp³-hybridized carbons (Fsp3) is 0.417. The molecule has 0 bridgehead atoms. The molecule has 0 aliphatic heterocycles. The van der Waals surface area contributed by atoms with Gasteiger partial charge in [-0.2, -0.15) is 0 Å². The maximum Gasteiger partial charge on any atom is 0.285 e. The molecule has 0 aliphatic rings. The Labute approximate surface area is 119 Å². The van der Waals surface area contributed by atoms with Crippen molar-refractivity contribution in [1.82, 2.24) is 0 Å². The van der Waals surface area contributed by atoms with Gasteiger partial charge in [0.15, 0.2) is 0 Å². The molecule has 0 radical (unpaired) electrons. The summed E-state index contributed by atoms with van der Waals surface area (Å²) in [6.45, 7) is 2.23. The molecule has 0 aromatic heterocycles. The number of nitrogens with one attached hydrogen (secondary N) is 1. The van der Waals surface area contributed by atoms with Crippen molar-refractivity contribution in [1.29, 1.82) is 0 Å². The van der Waals surface area contributed by atoms with Crippen LogP contribution in [0.3, 0.4) is 0 Å². The number of benzene rings is 1. The van der Waals surface area contributed by atoms with Crippen LogP contribution >= 0.6 is 15.9 Å². The smallest absolute Gasteiger partial charge is 0.285 e. The average molecular weight is 330 g/mol. The first kappa shape index (κ1) is 15.6. The zero-order chi connectivity index (χ0) is 14.4. The van der Waals surface area contributed by atoms with Crippen molar-refractivity contribution in [3.63, 3.8) is 0 Å². The van der Waals surface area contributed by atoms with Crippen LogP contribution in [0.2, 0.25) is 0 Å². The molecule has 104 valence electrons. The summed E-state index contributed by atoms with van der Waals surface area (Å²) >= 11 is 3.09. The van der Waals surface area contributed by atoms with Gasteiger partial charge < -0.3 is 11.1 Å². The molecular formula is C12H16BrN3O3. The molecule has 1 unspecified atom stereocenters. The lowest BCUT2D eigenvalue weighted by atomic mass is 10.0. The van der Waals surface area contributed by atoms with E-state index in [9.17, 15) is 14.9 Å². The monoisotopic (exact) mass is 329 g/mol. The van der Waals surface area contributed by atoms with Gasteiger partial charge in [0.25, 0.3) is 5.69 Å². The summed E-state index contributed by atoms with van der Waals surface area (Å²) in [5, 5.41) is 13.5. The van der Waals surface area contributed by atoms with Crippen LogP contribution in [0.5, 0.6) is 0 Å². The first-order valence-corrected chi connectivity index (χ1v) is 6.73. The molecule has 3 N–H and O–H groups in total. The quantitative estimate of drug-likeness (QED) is 0.619. The maximum absolute atomic E-state index is 11.9. The normalized spacial score (nSPS) is 11.9. The second kappa shape index (κ2) is 7.20. The highest BCUT2D eigenvalue weighted by atomic mass is 79.9. The Morgan fingerprint density at radius 1 is 1.58 bits per heavy atom. The number of nitro benzene ring substituents is 1. The van der Waals surface area contributed by atoms with E-state index in [0.717, 1.165) is 6.42 Å². The number of hydrogen-bond acceptors (Lipinski definition) is 4. The van der Waals surface area contributed by atoms with Crippen molar-refractivity contribution in [3.8, 4) is 0 Å². The van der Waals surface area contributed by atoms with E-state index in [2.05, 4.69) is 21.2 Å².